The van der Waals surface area contributed by atoms with E-state index in [2.05, 4.69) is 4.98 Å². The molecule has 0 aliphatic carbocycles. The lowest BCUT2D eigenvalue weighted by atomic mass is 9.95. The second kappa shape index (κ2) is 7.45. The molecule has 1 aliphatic rings. The number of aliphatic hydroxyl groups excluding tert-OH is 1. The highest BCUT2D eigenvalue weighted by Gasteiger charge is 2.48. The van der Waals surface area contributed by atoms with E-state index < -0.39 is 23.5 Å². The Labute approximate surface area is 180 Å². The van der Waals surface area contributed by atoms with E-state index in [-0.39, 0.29) is 11.3 Å². The number of anilines is 1. The van der Waals surface area contributed by atoms with Crippen molar-refractivity contribution in [3.05, 3.63) is 101 Å². The predicted molar refractivity (Wildman–Crippen MR) is 117 cm³/mol. The highest BCUT2D eigenvalue weighted by molar-refractivity contribution is 7.22. The summed E-state index contributed by atoms with van der Waals surface area (Å²) < 4.78 is 14.9. The monoisotopic (exact) mass is 430 g/mol. The first-order chi connectivity index (χ1) is 15.0. The number of aromatic nitrogens is 1. The number of benzene rings is 3. The summed E-state index contributed by atoms with van der Waals surface area (Å²) in [6, 6.07) is 20.5. The van der Waals surface area contributed by atoms with Crippen LogP contribution >= 0.6 is 11.3 Å². The van der Waals surface area contributed by atoms with Crippen molar-refractivity contribution in [3.63, 3.8) is 0 Å². The number of Topliss-reactive ketones (excluding diaryl/α,β-unsaturated/α-hetero) is 1. The lowest BCUT2D eigenvalue weighted by molar-refractivity contribution is -0.132. The minimum atomic E-state index is -1.00. The predicted octanol–water partition coefficient (Wildman–Crippen LogP) is 5.06. The molecule has 0 bridgehead atoms. The Bertz CT molecular complexity index is 1330. The van der Waals surface area contributed by atoms with Crippen molar-refractivity contribution in [2.75, 3.05) is 4.90 Å². The molecule has 1 fully saturated rings. The van der Waals surface area contributed by atoms with Gasteiger partial charge in [-0.3, -0.25) is 14.5 Å². The fourth-order valence-electron chi connectivity index (χ4n) is 3.74. The van der Waals surface area contributed by atoms with Crippen LogP contribution in [0.5, 0.6) is 0 Å². The lowest BCUT2D eigenvalue weighted by Gasteiger charge is -2.23. The summed E-state index contributed by atoms with van der Waals surface area (Å²) in [5.41, 5.74) is 1.36. The smallest absolute Gasteiger partial charge is 0.301 e. The Balaban J connectivity index is 1.75. The molecule has 1 amide bonds. The summed E-state index contributed by atoms with van der Waals surface area (Å²) in [6.45, 7) is 0. The number of fused-ring (bicyclic) bond motifs is 1. The molecule has 5 nitrogen and oxygen atoms in total. The van der Waals surface area contributed by atoms with E-state index >= 15 is 0 Å². The third-order valence-corrected chi connectivity index (χ3v) is 6.18. The topological polar surface area (TPSA) is 70.5 Å². The minimum Gasteiger partial charge on any atom is -0.507 e. The highest BCUT2D eigenvalue weighted by atomic mass is 32.1. The number of hydrogen-bond donors (Lipinski definition) is 1. The Hall–Kier alpha value is -3.84. The van der Waals surface area contributed by atoms with Crippen molar-refractivity contribution in [2.45, 2.75) is 6.04 Å². The molecule has 1 atom stereocenters. The summed E-state index contributed by atoms with van der Waals surface area (Å²) >= 11 is 1.26. The standard InChI is InChI=1S/C24H15FN2O3S/c25-16-10-6-9-15(13-16)20-19(21(28)14-7-2-1-3-8-14)22(29)23(30)27(20)24-26-17-11-4-5-12-18(17)31-24/h1-13,20,28H/t20-/m1/s1. The van der Waals surface area contributed by atoms with E-state index in [0.717, 1.165) is 4.70 Å². The zero-order chi connectivity index (χ0) is 21.5. The van der Waals surface area contributed by atoms with E-state index in [1.54, 1.807) is 36.4 Å². The zero-order valence-electron chi connectivity index (χ0n) is 16.0. The SMILES string of the molecule is O=C1C(=O)N(c2nc3ccccc3s2)[C@H](c2cccc(F)c2)C1=C(O)c1ccccc1. The summed E-state index contributed by atoms with van der Waals surface area (Å²) in [5, 5.41) is 11.3. The number of carbonyl (C=O) groups excluding carboxylic acids is 2. The molecule has 3 aromatic carbocycles. The molecule has 7 heteroatoms. The molecular formula is C24H15FN2O3S. The van der Waals surface area contributed by atoms with Crippen LogP contribution in [0.15, 0.2) is 84.4 Å². The van der Waals surface area contributed by atoms with Gasteiger partial charge in [0.2, 0.25) is 0 Å². The summed E-state index contributed by atoms with van der Waals surface area (Å²) in [7, 11) is 0. The fourth-order valence-corrected chi connectivity index (χ4v) is 4.73. The van der Waals surface area contributed by atoms with Crippen LogP contribution in [0.3, 0.4) is 0 Å². The number of nitrogens with zero attached hydrogens (tertiary/aromatic N) is 2. The number of aliphatic hydroxyl groups is 1. The van der Waals surface area contributed by atoms with Gasteiger partial charge in [0, 0.05) is 5.56 Å². The molecule has 1 aliphatic heterocycles. The van der Waals surface area contributed by atoms with Gasteiger partial charge in [0.25, 0.3) is 5.78 Å². The quantitative estimate of drug-likeness (QED) is 0.280. The first kappa shape index (κ1) is 19.1. The number of halogens is 1. The highest BCUT2D eigenvalue weighted by Crippen LogP contribution is 2.44. The number of ketones is 1. The molecule has 4 aromatic rings. The van der Waals surface area contributed by atoms with Crippen LogP contribution in [0.25, 0.3) is 16.0 Å². The van der Waals surface area contributed by atoms with Crippen LogP contribution < -0.4 is 4.90 Å². The number of amides is 1. The Kier molecular flexibility index (Phi) is 4.60. The molecule has 152 valence electrons. The van der Waals surface area contributed by atoms with E-state index in [4.69, 9.17) is 0 Å². The number of para-hydroxylation sites is 1. The third-order valence-electron chi connectivity index (χ3n) is 5.14. The van der Waals surface area contributed by atoms with Crippen molar-refractivity contribution in [1.29, 1.82) is 0 Å². The van der Waals surface area contributed by atoms with Gasteiger partial charge in [-0.1, -0.05) is 65.9 Å². The first-order valence-electron chi connectivity index (χ1n) is 9.52. The van der Waals surface area contributed by atoms with Crippen LogP contribution in [-0.4, -0.2) is 21.8 Å². The van der Waals surface area contributed by atoms with E-state index in [9.17, 15) is 19.1 Å². The maximum atomic E-state index is 14.1. The first-order valence-corrected chi connectivity index (χ1v) is 10.3. The van der Waals surface area contributed by atoms with Crippen LogP contribution in [-0.2, 0) is 9.59 Å². The molecule has 1 N–H and O–H groups in total. The molecule has 0 spiro atoms. The number of thiazole rings is 1. The molecule has 0 saturated carbocycles. The van der Waals surface area contributed by atoms with E-state index in [1.165, 1.54) is 34.4 Å². The van der Waals surface area contributed by atoms with Gasteiger partial charge in [-0.25, -0.2) is 9.37 Å². The maximum Gasteiger partial charge on any atom is 0.301 e. The van der Waals surface area contributed by atoms with Crippen molar-refractivity contribution in [3.8, 4) is 0 Å². The molecule has 2 heterocycles. The largest absolute Gasteiger partial charge is 0.507 e. The van der Waals surface area contributed by atoms with Crippen molar-refractivity contribution >= 4 is 44.1 Å². The summed E-state index contributed by atoms with van der Waals surface area (Å²) in [6.07, 6.45) is 0. The molecule has 1 aromatic heterocycles. The normalized spacial score (nSPS) is 18.1. The van der Waals surface area contributed by atoms with Crippen molar-refractivity contribution in [1.82, 2.24) is 4.98 Å². The van der Waals surface area contributed by atoms with Gasteiger partial charge in [0.05, 0.1) is 21.8 Å². The molecule has 1 saturated heterocycles. The van der Waals surface area contributed by atoms with Gasteiger partial charge in [0.15, 0.2) is 5.13 Å². The van der Waals surface area contributed by atoms with Crippen LogP contribution in [0.1, 0.15) is 17.2 Å². The third kappa shape index (κ3) is 3.19. The average molecular weight is 430 g/mol. The molecule has 31 heavy (non-hydrogen) atoms. The van der Waals surface area contributed by atoms with E-state index in [0.29, 0.717) is 21.8 Å². The van der Waals surface area contributed by atoms with E-state index in [1.807, 2.05) is 24.3 Å². The van der Waals surface area contributed by atoms with Crippen LogP contribution in [0.4, 0.5) is 9.52 Å². The molecule has 0 unspecified atom stereocenters. The van der Waals surface area contributed by atoms with Gasteiger partial charge in [-0.05, 0) is 29.8 Å². The lowest BCUT2D eigenvalue weighted by Crippen LogP contribution is -2.29. The van der Waals surface area contributed by atoms with Gasteiger partial charge >= 0.3 is 5.91 Å². The fraction of sp³-hybridized carbons (Fsp3) is 0.0417. The second-order valence-electron chi connectivity index (χ2n) is 7.05. The number of rotatable bonds is 3. The van der Waals surface area contributed by atoms with Gasteiger partial charge in [0.1, 0.15) is 11.6 Å². The maximum absolute atomic E-state index is 14.1. The Morgan fingerprint density at radius 2 is 1.71 bits per heavy atom. The van der Waals surface area contributed by atoms with Gasteiger partial charge < -0.3 is 5.11 Å². The average Bonchev–Trinajstić information content (AvgIpc) is 3.32. The van der Waals surface area contributed by atoms with Crippen molar-refractivity contribution in [2.24, 2.45) is 0 Å². The second-order valence-corrected chi connectivity index (χ2v) is 8.06. The van der Waals surface area contributed by atoms with Gasteiger partial charge in [-0.15, -0.1) is 0 Å². The number of hydrogen-bond acceptors (Lipinski definition) is 5. The Morgan fingerprint density at radius 3 is 2.45 bits per heavy atom. The van der Waals surface area contributed by atoms with Crippen LogP contribution in [0.2, 0.25) is 0 Å². The van der Waals surface area contributed by atoms with Gasteiger partial charge in [-0.2, -0.15) is 0 Å². The zero-order valence-corrected chi connectivity index (χ0v) is 16.8. The number of carbonyl (C=O) groups is 2. The van der Waals surface area contributed by atoms with Crippen molar-refractivity contribution < 1.29 is 19.1 Å². The molecule has 0 radical (unpaired) electrons. The van der Waals surface area contributed by atoms with Crippen LogP contribution in [0, 0.1) is 5.82 Å². The summed E-state index contributed by atoms with van der Waals surface area (Å²) in [4.78, 5) is 31.9. The molecule has 5 rings (SSSR count). The Morgan fingerprint density at radius 1 is 0.968 bits per heavy atom. The summed E-state index contributed by atoms with van der Waals surface area (Å²) in [5.74, 6) is -2.47. The minimum absolute atomic E-state index is 0.0962. The molecular weight excluding hydrogens is 415 g/mol.